The van der Waals surface area contributed by atoms with Gasteiger partial charge in [-0.25, -0.2) is 0 Å². The lowest BCUT2D eigenvalue weighted by molar-refractivity contribution is 0.272. The topological polar surface area (TPSA) is 23.5 Å². The van der Waals surface area contributed by atoms with Crippen LogP contribution in [0.2, 0.25) is 0 Å². The lowest BCUT2D eigenvalue weighted by Gasteiger charge is -2.23. The largest absolute Gasteiger partial charge is 0.384 e. The zero-order valence-corrected chi connectivity index (χ0v) is 12.2. The van der Waals surface area contributed by atoms with Crippen LogP contribution in [0.4, 0.5) is 0 Å². The highest BCUT2D eigenvalue weighted by Crippen LogP contribution is 2.18. The number of rotatable bonds is 5. The van der Waals surface area contributed by atoms with Crippen LogP contribution in [0, 0.1) is 11.8 Å². The third-order valence-electron chi connectivity index (χ3n) is 2.52. The molecule has 0 saturated heterocycles. The molecule has 1 atom stereocenters. The van der Waals surface area contributed by atoms with Crippen LogP contribution < -0.4 is 0 Å². The van der Waals surface area contributed by atoms with Crippen LogP contribution in [0.3, 0.4) is 0 Å². The third kappa shape index (κ3) is 5.13. The van der Waals surface area contributed by atoms with Gasteiger partial charge in [0.05, 0.1) is 4.88 Å². The van der Waals surface area contributed by atoms with Crippen LogP contribution in [0.1, 0.15) is 16.7 Å². The van der Waals surface area contributed by atoms with Gasteiger partial charge >= 0.3 is 0 Å². The van der Waals surface area contributed by atoms with Gasteiger partial charge in [0.25, 0.3) is 0 Å². The van der Waals surface area contributed by atoms with Gasteiger partial charge in [-0.15, -0.1) is 11.3 Å². The first kappa shape index (κ1) is 14.6. The van der Waals surface area contributed by atoms with Gasteiger partial charge in [0.15, 0.2) is 0 Å². The molecule has 0 spiro atoms. The molecule has 1 rings (SSSR count). The summed E-state index contributed by atoms with van der Waals surface area (Å²) in [5, 5.41) is 8.63. The summed E-state index contributed by atoms with van der Waals surface area (Å²) < 4.78 is 0. The van der Waals surface area contributed by atoms with E-state index in [9.17, 15) is 0 Å². The van der Waals surface area contributed by atoms with E-state index in [4.69, 9.17) is 5.11 Å². The maximum atomic E-state index is 8.63. The summed E-state index contributed by atoms with van der Waals surface area (Å²) in [6, 6.07) is 4.73. The summed E-state index contributed by atoms with van der Waals surface area (Å²) in [4.78, 5) is 4.70. The van der Waals surface area contributed by atoms with E-state index in [0.29, 0.717) is 6.04 Å². The molecule has 0 saturated carbocycles. The Morgan fingerprint density at radius 3 is 2.94 bits per heavy atom. The van der Waals surface area contributed by atoms with Crippen LogP contribution in [0.15, 0.2) is 12.1 Å². The van der Waals surface area contributed by atoms with Crippen molar-refractivity contribution in [1.82, 2.24) is 4.90 Å². The molecule has 4 heteroatoms. The van der Waals surface area contributed by atoms with Gasteiger partial charge in [-0.3, -0.25) is 4.90 Å². The lowest BCUT2D eigenvalue weighted by atomic mass is 10.3. The molecular formula is C13H19NOS2. The van der Waals surface area contributed by atoms with Crippen molar-refractivity contribution in [2.24, 2.45) is 0 Å². The molecule has 1 N–H and O–H groups in total. The number of hydrogen-bond acceptors (Lipinski definition) is 4. The van der Waals surface area contributed by atoms with Crippen molar-refractivity contribution >= 4 is 23.1 Å². The van der Waals surface area contributed by atoms with Gasteiger partial charge < -0.3 is 5.11 Å². The number of nitrogens with zero attached hydrogens (tertiary/aromatic N) is 1. The van der Waals surface area contributed by atoms with E-state index in [0.717, 1.165) is 17.2 Å². The number of aliphatic hydroxyl groups excluding tert-OH is 1. The Kier molecular flexibility index (Phi) is 6.68. The summed E-state index contributed by atoms with van der Waals surface area (Å²) in [7, 11) is 2.15. The van der Waals surface area contributed by atoms with Crippen molar-refractivity contribution in [2.45, 2.75) is 19.5 Å². The maximum Gasteiger partial charge on any atom is 0.104 e. The smallest absolute Gasteiger partial charge is 0.104 e. The average molecular weight is 269 g/mol. The first-order chi connectivity index (χ1) is 8.17. The molecule has 1 unspecified atom stereocenters. The predicted octanol–water partition coefficient (Wildman–Crippen LogP) is 2.28. The highest BCUT2D eigenvalue weighted by Gasteiger charge is 2.09. The summed E-state index contributed by atoms with van der Waals surface area (Å²) >= 11 is 3.58. The molecule has 1 aromatic rings. The number of thioether (sulfide) groups is 1. The zero-order chi connectivity index (χ0) is 12.7. The van der Waals surface area contributed by atoms with E-state index in [1.807, 2.05) is 17.8 Å². The Labute approximate surface area is 112 Å². The molecule has 0 fully saturated rings. The van der Waals surface area contributed by atoms with E-state index in [2.05, 4.69) is 43.0 Å². The molecule has 0 aromatic carbocycles. The standard InChI is InChI=1S/C13H19NOS2/c1-11(10-16-3)14(2)9-13-7-6-12(17-13)5-4-8-15/h6-7,11,15H,8-10H2,1-3H3. The average Bonchev–Trinajstić information content (AvgIpc) is 2.74. The van der Waals surface area contributed by atoms with Crippen LogP contribution >= 0.6 is 23.1 Å². The van der Waals surface area contributed by atoms with Crippen LogP contribution in [0.5, 0.6) is 0 Å². The third-order valence-corrected chi connectivity index (χ3v) is 4.32. The number of thiophene rings is 1. The lowest BCUT2D eigenvalue weighted by Crippen LogP contribution is -2.30. The normalized spacial score (nSPS) is 12.3. The fourth-order valence-electron chi connectivity index (χ4n) is 1.43. The summed E-state index contributed by atoms with van der Waals surface area (Å²) in [6.45, 7) is 3.14. The quantitative estimate of drug-likeness (QED) is 0.830. The van der Waals surface area contributed by atoms with Crippen molar-refractivity contribution in [1.29, 1.82) is 0 Å². The minimum absolute atomic E-state index is 0.0715. The summed E-state index contributed by atoms with van der Waals surface area (Å²) in [5.74, 6) is 6.76. The molecule has 1 aromatic heterocycles. The fraction of sp³-hybridized carbons (Fsp3) is 0.538. The molecule has 2 nitrogen and oxygen atoms in total. The Bertz CT molecular complexity index is 392. The van der Waals surface area contributed by atoms with E-state index >= 15 is 0 Å². The highest BCUT2D eigenvalue weighted by atomic mass is 32.2. The van der Waals surface area contributed by atoms with E-state index in [1.54, 1.807) is 11.3 Å². The second-order valence-electron chi connectivity index (χ2n) is 3.95. The molecule has 0 amide bonds. The second-order valence-corrected chi connectivity index (χ2v) is 6.02. The first-order valence-corrected chi connectivity index (χ1v) is 7.76. The second kappa shape index (κ2) is 7.78. The molecule has 94 valence electrons. The molecule has 0 aliphatic heterocycles. The monoisotopic (exact) mass is 269 g/mol. The van der Waals surface area contributed by atoms with Gasteiger partial charge in [0.2, 0.25) is 0 Å². The molecule has 0 aliphatic carbocycles. The van der Waals surface area contributed by atoms with E-state index in [-0.39, 0.29) is 6.61 Å². The van der Waals surface area contributed by atoms with Crippen molar-refractivity contribution in [2.75, 3.05) is 25.7 Å². The first-order valence-electron chi connectivity index (χ1n) is 5.55. The van der Waals surface area contributed by atoms with Crippen molar-refractivity contribution < 1.29 is 5.11 Å². The number of hydrogen-bond donors (Lipinski definition) is 1. The van der Waals surface area contributed by atoms with Crippen LogP contribution in [-0.2, 0) is 6.54 Å². The molecule has 0 aliphatic rings. The minimum atomic E-state index is -0.0715. The maximum absolute atomic E-state index is 8.63. The van der Waals surface area contributed by atoms with Crippen molar-refractivity contribution in [3.05, 3.63) is 21.9 Å². The molecular weight excluding hydrogens is 250 g/mol. The predicted molar refractivity (Wildman–Crippen MR) is 77.6 cm³/mol. The van der Waals surface area contributed by atoms with Gasteiger partial charge in [0.1, 0.15) is 6.61 Å². The summed E-state index contributed by atoms with van der Waals surface area (Å²) in [6.07, 6.45) is 2.14. The van der Waals surface area contributed by atoms with E-state index < -0.39 is 0 Å². The van der Waals surface area contributed by atoms with Gasteiger partial charge in [-0.05, 0) is 32.4 Å². The Balaban J connectivity index is 2.54. The highest BCUT2D eigenvalue weighted by molar-refractivity contribution is 7.98. The molecule has 1 heterocycles. The van der Waals surface area contributed by atoms with Gasteiger partial charge in [-0.1, -0.05) is 11.8 Å². The van der Waals surface area contributed by atoms with Crippen molar-refractivity contribution in [3.8, 4) is 11.8 Å². The molecule has 0 bridgehead atoms. The number of aliphatic hydroxyl groups is 1. The Morgan fingerprint density at radius 2 is 2.29 bits per heavy atom. The fourth-order valence-corrected chi connectivity index (χ4v) is 3.11. The Morgan fingerprint density at radius 1 is 1.53 bits per heavy atom. The van der Waals surface area contributed by atoms with Gasteiger partial charge in [-0.2, -0.15) is 11.8 Å². The van der Waals surface area contributed by atoms with Gasteiger partial charge in [0, 0.05) is 23.2 Å². The zero-order valence-electron chi connectivity index (χ0n) is 10.6. The van der Waals surface area contributed by atoms with Crippen molar-refractivity contribution in [3.63, 3.8) is 0 Å². The van der Waals surface area contributed by atoms with Crippen LogP contribution in [-0.4, -0.2) is 41.7 Å². The summed E-state index contributed by atoms with van der Waals surface area (Å²) in [5.41, 5.74) is 0. The van der Waals surface area contributed by atoms with E-state index in [1.165, 1.54) is 4.88 Å². The Hall–Kier alpha value is -0.470. The van der Waals surface area contributed by atoms with Crippen LogP contribution in [0.25, 0.3) is 0 Å². The molecule has 17 heavy (non-hydrogen) atoms. The molecule has 0 radical (unpaired) electrons. The minimum Gasteiger partial charge on any atom is -0.384 e. The SMILES string of the molecule is CSCC(C)N(C)Cc1ccc(C#CCO)s1.